The van der Waals surface area contributed by atoms with Crippen LogP contribution in [0.3, 0.4) is 0 Å². The maximum absolute atomic E-state index is 12.9. The van der Waals surface area contributed by atoms with E-state index in [4.69, 9.17) is 14.5 Å². The quantitative estimate of drug-likeness (QED) is 0.505. The normalized spacial score (nSPS) is 12.9. The van der Waals surface area contributed by atoms with Crippen molar-refractivity contribution in [2.24, 2.45) is 0 Å². The van der Waals surface area contributed by atoms with Gasteiger partial charge in [-0.3, -0.25) is 14.3 Å². The molecule has 0 bridgehead atoms. The predicted octanol–water partition coefficient (Wildman–Crippen LogP) is 3.17. The lowest BCUT2D eigenvalue weighted by atomic mass is 10.1. The molecule has 0 amide bonds. The fraction of sp³-hybridized carbons (Fsp3) is 0.292. The monoisotopic (exact) mass is 432 g/mol. The molecule has 0 atom stereocenters. The van der Waals surface area contributed by atoms with Crippen LogP contribution in [-0.4, -0.2) is 32.3 Å². The Labute approximate surface area is 184 Å². The molecule has 4 aromatic rings. The van der Waals surface area contributed by atoms with Gasteiger partial charge in [-0.05, 0) is 30.2 Å². The molecule has 0 saturated carbocycles. The second kappa shape index (κ2) is 8.37. The van der Waals surface area contributed by atoms with Gasteiger partial charge in [0.05, 0.1) is 0 Å². The number of nitrogens with zero attached hydrogens (tertiary/aromatic N) is 3. The van der Waals surface area contributed by atoms with Crippen LogP contribution in [0.5, 0.6) is 11.5 Å². The SMILES string of the molecule is CCCCn1c(=O)[nH]c(=O)c2c1nc(-c1ccc3c(c1)OCCO3)n2Cc1ccccc1. The Balaban J connectivity index is 1.75. The zero-order chi connectivity index (χ0) is 22.1. The molecule has 0 saturated heterocycles. The third-order valence-corrected chi connectivity index (χ3v) is 5.60. The molecule has 0 aliphatic carbocycles. The van der Waals surface area contributed by atoms with Crippen LogP contribution in [0.1, 0.15) is 25.3 Å². The van der Waals surface area contributed by atoms with Crippen molar-refractivity contribution in [3.05, 3.63) is 74.9 Å². The molecule has 32 heavy (non-hydrogen) atoms. The van der Waals surface area contributed by atoms with E-state index in [9.17, 15) is 9.59 Å². The molecule has 0 unspecified atom stereocenters. The van der Waals surface area contributed by atoms with Gasteiger partial charge in [-0.15, -0.1) is 0 Å². The second-order valence-electron chi connectivity index (χ2n) is 7.80. The van der Waals surface area contributed by atoms with Crippen molar-refractivity contribution in [2.45, 2.75) is 32.9 Å². The van der Waals surface area contributed by atoms with Gasteiger partial charge >= 0.3 is 5.69 Å². The van der Waals surface area contributed by atoms with E-state index in [-0.39, 0.29) is 0 Å². The molecular formula is C24H24N4O4. The first-order chi connectivity index (χ1) is 15.7. The molecule has 164 valence electrons. The molecule has 1 N–H and O–H groups in total. The largest absolute Gasteiger partial charge is 0.486 e. The maximum Gasteiger partial charge on any atom is 0.330 e. The molecule has 3 heterocycles. The number of aryl methyl sites for hydroxylation is 1. The number of H-pyrrole nitrogens is 1. The summed E-state index contributed by atoms with van der Waals surface area (Å²) in [7, 11) is 0. The number of unbranched alkanes of at least 4 members (excludes halogenated alkanes) is 1. The summed E-state index contributed by atoms with van der Waals surface area (Å²) in [5.41, 5.74) is 1.72. The molecule has 8 heteroatoms. The van der Waals surface area contributed by atoms with Crippen LogP contribution in [0.2, 0.25) is 0 Å². The highest BCUT2D eigenvalue weighted by Gasteiger charge is 2.21. The Hall–Kier alpha value is -3.81. The van der Waals surface area contributed by atoms with Crippen molar-refractivity contribution in [2.75, 3.05) is 13.2 Å². The van der Waals surface area contributed by atoms with E-state index >= 15 is 0 Å². The third-order valence-electron chi connectivity index (χ3n) is 5.60. The van der Waals surface area contributed by atoms with Gasteiger partial charge in [0.2, 0.25) is 0 Å². The molecule has 8 nitrogen and oxygen atoms in total. The van der Waals surface area contributed by atoms with Gasteiger partial charge in [-0.1, -0.05) is 43.7 Å². The number of hydrogen-bond donors (Lipinski definition) is 1. The Morgan fingerprint density at radius 2 is 1.78 bits per heavy atom. The Morgan fingerprint density at radius 3 is 2.56 bits per heavy atom. The third kappa shape index (κ3) is 3.57. The van der Waals surface area contributed by atoms with Gasteiger partial charge in [-0.2, -0.15) is 0 Å². The Kier molecular flexibility index (Phi) is 5.26. The average Bonchev–Trinajstić information content (AvgIpc) is 3.18. The maximum atomic E-state index is 12.9. The number of hydrogen-bond acceptors (Lipinski definition) is 5. The number of benzene rings is 2. The Morgan fingerprint density at radius 1 is 1.00 bits per heavy atom. The van der Waals surface area contributed by atoms with Crippen LogP contribution >= 0.6 is 0 Å². The topological polar surface area (TPSA) is 91.1 Å². The summed E-state index contributed by atoms with van der Waals surface area (Å²) in [6, 6.07) is 15.5. The number of rotatable bonds is 6. The predicted molar refractivity (Wildman–Crippen MR) is 121 cm³/mol. The second-order valence-corrected chi connectivity index (χ2v) is 7.80. The van der Waals surface area contributed by atoms with E-state index in [2.05, 4.69) is 11.9 Å². The average molecular weight is 432 g/mol. The van der Waals surface area contributed by atoms with Crippen LogP contribution < -0.4 is 20.7 Å². The van der Waals surface area contributed by atoms with Gasteiger partial charge < -0.3 is 14.0 Å². The zero-order valence-corrected chi connectivity index (χ0v) is 17.8. The van der Waals surface area contributed by atoms with Crippen molar-refractivity contribution >= 4 is 11.2 Å². The minimum Gasteiger partial charge on any atom is -0.486 e. The highest BCUT2D eigenvalue weighted by atomic mass is 16.6. The lowest BCUT2D eigenvalue weighted by molar-refractivity contribution is 0.171. The molecule has 5 rings (SSSR count). The van der Waals surface area contributed by atoms with Crippen LogP contribution in [0.15, 0.2) is 58.1 Å². The molecular weight excluding hydrogens is 408 g/mol. The fourth-order valence-corrected chi connectivity index (χ4v) is 4.02. The van der Waals surface area contributed by atoms with Crippen LogP contribution in [0.4, 0.5) is 0 Å². The number of aromatic amines is 1. The number of ether oxygens (including phenoxy) is 2. The first kappa shape index (κ1) is 20.1. The summed E-state index contributed by atoms with van der Waals surface area (Å²) < 4.78 is 14.8. The summed E-state index contributed by atoms with van der Waals surface area (Å²) >= 11 is 0. The minimum atomic E-state index is -0.440. The van der Waals surface area contributed by atoms with Crippen molar-refractivity contribution in [3.63, 3.8) is 0 Å². The van der Waals surface area contributed by atoms with Gasteiger partial charge in [0.25, 0.3) is 5.56 Å². The van der Waals surface area contributed by atoms with E-state index in [0.29, 0.717) is 54.8 Å². The molecule has 0 spiro atoms. The van der Waals surface area contributed by atoms with Crippen LogP contribution in [0, 0.1) is 0 Å². The van der Waals surface area contributed by atoms with Gasteiger partial charge in [0, 0.05) is 18.7 Å². The van der Waals surface area contributed by atoms with Crippen LogP contribution in [0.25, 0.3) is 22.6 Å². The van der Waals surface area contributed by atoms with E-state index < -0.39 is 11.2 Å². The highest BCUT2D eigenvalue weighted by molar-refractivity contribution is 5.78. The molecule has 1 aliphatic rings. The first-order valence-electron chi connectivity index (χ1n) is 10.8. The summed E-state index contributed by atoms with van der Waals surface area (Å²) in [5.74, 6) is 1.93. The fourth-order valence-electron chi connectivity index (χ4n) is 4.02. The number of imidazole rings is 1. The van der Waals surface area contributed by atoms with Gasteiger partial charge in [-0.25, -0.2) is 9.78 Å². The smallest absolute Gasteiger partial charge is 0.330 e. The van der Waals surface area contributed by atoms with E-state index in [0.717, 1.165) is 24.0 Å². The Bertz CT molecular complexity index is 1390. The summed E-state index contributed by atoms with van der Waals surface area (Å²) in [4.78, 5) is 32.8. The van der Waals surface area contributed by atoms with Crippen molar-refractivity contribution in [1.29, 1.82) is 0 Å². The summed E-state index contributed by atoms with van der Waals surface area (Å²) in [6.07, 6.45) is 1.73. The number of nitrogens with one attached hydrogen (secondary N) is 1. The number of aromatic nitrogens is 4. The van der Waals surface area contributed by atoms with Crippen molar-refractivity contribution in [1.82, 2.24) is 19.1 Å². The number of fused-ring (bicyclic) bond motifs is 2. The van der Waals surface area contributed by atoms with E-state index in [1.54, 1.807) is 4.57 Å². The zero-order valence-electron chi connectivity index (χ0n) is 17.8. The highest BCUT2D eigenvalue weighted by Crippen LogP contribution is 2.35. The summed E-state index contributed by atoms with van der Waals surface area (Å²) in [5, 5.41) is 0. The van der Waals surface area contributed by atoms with Crippen molar-refractivity contribution in [3.8, 4) is 22.9 Å². The van der Waals surface area contributed by atoms with Crippen LogP contribution in [-0.2, 0) is 13.1 Å². The molecule has 1 aliphatic heterocycles. The molecule has 2 aromatic heterocycles. The molecule has 0 fully saturated rings. The van der Waals surface area contributed by atoms with Crippen molar-refractivity contribution < 1.29 is 9.47 Å². The summed E-state index contributed by atoms with van der Waals surface area (Å²) in [6.45, 7) is 3.98. The molecule has 2 aromatic carbocycles. The first-order valence-corrected chi connectivity index (χ1v) is 10.8. The van der Waals surface area contributed by atoms with Gasteiger partial charge in [0.15, 0.2) is 22.7 Å². The minimum absolute atomic E-state index is 0.384. The van der Waals surface area contributed by atoms with E-state index in [1.165, 1.54) is 0 Å². The van der Waals surface area contributed by atoms with Gasteiger partial charge in [0.1, 0.15) is 19.0 Å². The lowest BCUT2D eigenvalue weighted by Crippen LogP contribution is -2.31. The molecule has 0 radical (unpaired) electrons. The van der Waals surface area contributed by atoms with E-state index in [1.807, 2.05) is 53.1 Å². The standard InChI is InChI=1S/C24H24N4O4/c1-2-3-11-27-22-20(23(29)26-24(27)30)28(15-16-7-5-4-6-8-16)21(25-22)17-9-10-18-19(14-17)32-13-12-31-18/h4-10,14H,2-3,11-13,15H2,1H3,(H,26,29,30). The lowest BCUT2D eigenvalue weighted by Gasteiger charge is -2.19.